The largest absolute Gasteiger partial charge is 0.359 e. The van der Waals surface area contributed by atoms with Crippen LogP contribution in [0.5, 0.6) is 0 Å². The van der Waals surface area contributed by atoms with E-state index in [9.17, 15) is 9.59 Å². The summed E-state index contributed by atoms with van der Waals surface area (Å²) < 4.78 is 0. The minimum Gasteiger partial charge on any atom is -0.359 e. The summed E-state index contributed by atoms with van der Waals surface area (Å²) in [5.74, 6) is 0.140. The number of allylic oxidation sites excluding steroid dienone is 2. The predicted molar refractivity (Wildman–Crippen MR) is 76.3 cm³/mol. The van der Waals surface area contributed by atoms with Gasteiger partial charge in [-0.1, -0.05) is 12.1 Å². The first-order valence-electron chi connectivity index (χ1n) is 6.67. The van der Waals surface area contributed by atoms with E-state index in [2.05, 4.69) is 15.8 Å². The summed E-state index contributed by atoms with van der Waals surface area (Å²) in [7, 11) is 0. The molecule has 0 aromatic heterocycles. The summed E-state index contributed by atoms with van der Waals surface area (Å²) in [4.78, 5) is 22.2. The fraction of sp³-hybridized carbons (Fsp3) is 0.267. The molecule has 0 bridgehead atoms. The van der Waals surface area contributed by atoms with Crippen LogP contribution in [0, 0.1) is 0 Å². The molecule has 1 aromatic carbocycles. The van der Waals surface area contributed by atoms with Gasteiger partial charge in [0.2, 0.25) is 5.91 Å². The Kier molecular flexibility index (Phi) is 3.33. The predicted octanol–water partition coefficient (Wildman–Crippen LogP) is 1.96. The molecule has 1 amide bonds. The Labute approximate surface area is 116 Å². The highest BCUT2D eigenvalue weighted by molar-refractivity contribution is 6.04. The van der Waals surface area contributed by atoms with Gasteiger partial charge in [-0.3, -0.25) is 9.59 Å². The Bertz CT molecular complexity index is 615. The van der Waals surface area contributed by atoms with Gasteiger partial charge in [0.05, 0.1) is 5.71 Å². The average molecular weight is 269 g/mol. The molecule has 0 saturated heterocycles. The third-order valence-corrected chi connectivity index (χ3v) is 3.40. The van der Waals surface area contributed by atoms with Gasteiger partial charge in [0.15, 0.2) is 5.78 Å². The van der Waals surface area contributed by atoms with Crippen LogP contribution in [0.2, 0.25) is 0 Å². The van der Waals surface area contributed by atoms with Crippen molar-refractivity contribution in [1.82, 2.24) is 5.43 Å². The molecule has 5 nitrogen and oxygen atoms in total. The number of nitrogens with one attached hydrogen (secondary N) is 2. The molecule has 0 radical (unpaired) electrons. The second kappa shape index (κ2) is 5.28. The highest BCUT2D eigenvalue weighted by Crippen LogP contribution is 2.20. The third-order valence-electron chi connectivity index (χ3n) is 3.40. The minimum absolute atomic E-state index is 0.0372. The zero-order valence-corrected chi connectivity index (χ0v) is 11.0. The molecule has 102 valence electrons. The number of benzene rings is 1. The van der Waals surface area contributed by atoms with E-state index in [1.165, 1.54) is 0 Å². The lowest BCUT2D eigenvalue weighted by Crippen LogP contribution is -2.25. The third kappa shape index (κ3) is 2.77. The fourth-order valence-electron chi connectivity index (χ4n) is 2.31. The monoisotopic (exact) mass is 269 g/mol. The first kappa shape index (κ1) is 12.6. The van der Waals surface area contributed by atoms with Crippen LogP contribution in [0.25, 0.3) is 0 Å². The number of carbonyl (C=O) groups excluding carboxylic acids is 2. The number of hydrazone groups is 1. The first-order chi connectivity index (χ1) is 9.70. The van der Waals surface area contributed by atoms with Crippen LogP contribution in [0.3, 0.4) is 0 Å². The topological polar surface area (TPSA) is 70.6 Å². The molecule has 2 aliphatic rings. The zero-order valence-electron chi connectivity index (χ0n) is 11.0. The molecule has 1 aromatic rings. The second-order valence-corrected chi connectivity index (χ2v) is 4.93. The van der Waals surface area contributed by atoms with E-state index < -0.39 is 0 Å². The lowest BCUT2D eigenvalue weighted by molar-refractivity contribution is -0.121. The van der Waals surface area contributed by atoms with Crippen molar-refractivity contribution in [2.24, 2.45) is 5.10 Å². The van der Waals surface area contributed by atoms with Crippen molar-refractivity contribution in [2.45, 2.75) is 25.7 Å². The summed E-state index contributed by atoms with van der Waals surface area (Å²) in [6.45, 7) is 0. The molecule has 0 spiro atoms. The maximum Gasteiger partial charge on any atom is 0.240 e. The van der Waals surface area contributed by atoms with E-state index in [0.717, 1.165) is 29.1 Å². The van der Waals surface area contributed by atoms with Crippen molar-refractivity contribution < 1.29 is 9.59 Å². The van der Waals surface area contributed by atoms with Crippen LogP contribution in [-0.2, 0) is 9.59 Å². The maximum absolute atomic E-state index is 11.2. The Balaban J connectivity index is 1.70. The Morgan fingerprint density at radius 2 is 1.80 bits per heavy atom. The number of rotatable bonds is 3. The molecular weight excluding hydrogens is 254 g/mol. The van der Waals surface area contributed by atoms with E-state index in [4.69, 9.17) is 0 Å². The molecule has 3 rings (SSSR count). The molecule has 0 fully saturated rings. The van der Waals surface area contributed by atoms with Crippen molar-refractivity contribution in [1.29, 1.82) is 0 Å². The molecule has 20 heavy (non-hydrogen) atoms. The summed E-state index contributed by atoms with van der Waals surface area (Å²) in [6.07, 6.45) is 4.18. The fourth-order valence-corrected chi connectivity index (χ4v) is 2.31. The Morgan fingerprint density at radius 1 is 1.00 bits per heavy atom. The van der Waals surface area contributed by atoms with E-state index in [-0.39, 0.29) is 11.7 Å². The number of nitrogens with zero attached hydrogens (tertiary/aromatic N) is 1. The van der Waals surface area contributed by atoms with Crippen LogP contribution < -0.4 is 10.7 Å². The van der Waals surface area contributed by atoms with Crippen molar-refractivity contribution in [2.75, 3.05) is 5.32 Å². The van der Waals surface area contributed by atoms with Gasteiger partial charge < -0.3 is 5.32 Å². The van der Waals surface area contributed by atoms with Gasteiger partial charge in [-0.15, -0.1) is 0 Å². The zero-order chi connectivity index (χ0) is 13.9. The van der Waals surface area contributed by atoms with Gasteiger partial charge >= 0.3 is 0 Å². The number of ketones is 1. The molecule has 0 saturated carbocycles. The van der Waals surface area contributed by atoms with Crippen LogP contribution in [0.15, 0.2) is 41.1 Å². The van der Waals surface area contributed by atoms with Gasteiger partial charge in [0.1, 0.15) is 0 Å². The summed E-state index contributed by atoms with van der Waals surface area (Å²) in [6, 6.07) is 7.85. The Morgan fingerprint density at radius 3 is 2.40 bits per heavy atom. The highest BCUT2D eigenvalue weighted by Gasteiger charge is 2.14. The quantitative estimate of drug-likeness (QED) is 0.881. The maximum atomic E-state index is 11.2. The summed E-state index contributed by atoms with van der Waals surface area (Å²) in [5, 5.41) is 7.30. The smallest absolute Gasteiger partial charge is 0.240 e. The van der Waals surface area contributed by atoms with Crippen LogP contribution in [-0.4, -0.2) is 17.4 Å². The van der Waals surface area contributed by atoms with Gasteiger partial charge in [0.25, 0.3) is 0 Å². The average Bonchev–Trinajstić information content (AvgIpc) is 2.86. The van der Waals surface area contributed by atoms with E-state index >= 15 is 0 Å². The molecule has 0 atom stereocenters. The molecule has 2 N–H and O–H groups in total. The van der Waals surface area contributed by atoms with E-state index in [0.29, 0.717) is 19.3 Å². The minimum atomic E-state index is -0.0372. The van der Waals surface area contributed by atoms with Gasteiger partial charge in [-0.05, 0) is 24.1 Å². The number of hydrogen-bond donors (Lipinski definition) is 2. The van der Waals surface area contributed by atoms with Gasteiger partial charge in [-0.25, -0.2) is 5.43 Å². The first-order valence-corrected chi connectivity index (χ1v) is 6.67. The van der Waals surface area contributed by atoms with Crippen molar-refractivity contribution in [3.63, 3.8) is 0 Å². The molecule has 0 unspecified atom stereocenters. The molecule has 1 aliphatic carbocycles. The molecular formula is C15H15N3O2. The molecule has 1 heterocycles. The van der Waals surface area contributed by atoms with Gasteiger partial charge in [-0.2, -0.15) is 5.10 Å². The number of anilines is 1. The number of hydrogen-bond acceptors (Lipinski definition) is 4. The van der Waals surface area contributed by atoms with Crippen LogP contribution in [0.1, 0.15) is 31.2 Å². The SMILES string of the molecule is O=C1C=C(Nc2ccc(C3=NNC(=O)CC3)cc2)CC1. The van der Waals surface area contributed by atoms with Crippen LogP contribution in [0.4, 0.5) is 5.69 Å². The Hall–Kier alpha value is -2.43. The lowest BCUT2D eigenvalue weighted by Gasteiger charge is -2.13. The second-order valence-electron chi connectivity index (χ2n) is 4.93. The van der Waals surface area contributed by atoms with E-state index in [1.807, 2.05) is 24.3 Å². The summed E-state index contributed by atoms with van der Waals surface area (Å²) >= 11 is 0. The van der Waals surface area contributed by atoms with Crippen molar-refractivity contribution in [3.05, 3.63) is 41.6 Å². The van der Waals surface area contributed by atoms with Gasteiger partial charge in [0, 0.05) is 36.7 Å². The highest BCUT2D eigenvalue weighted by atomic mass is 16.2. The van der Waals surface area contributed by atoms with E-state index in [1.54, 1.807) is 6.08 Å². The van der Waals surface area contributed by atoms with Crippen molar-refractivity contribution >= 4 is 23.1 Å². The lowest BCUT2D eigenvalue weighted by atomic mass is 10.0. The van der Waals surface area contributed by atoms with Crippen LogP contribution >= 0.6 is 0 Å². The standard InChI is InChI=1S/C15H15N3O2/c19-13-6-5-12(9-13)16-11-3-1-10(2-4-11)14-7-8-15(20)18-17-14/h1-4,9,16H,5-8H2,(H,18,20). The summed E-state index contributed by atoms with van der Waals surface area (Å²) in [5.41, 5.74) is 6.31. The number of amides is 1. The molecule has 1 aliphatic heterocycles. The number of carbonyl (C=O) groups is 2. The normalized spacial score (nSPS) is 18.4. The molecule has 5 heteroatoms. The van der Waals surface area contributed by atoms with Crippen molar-refractivity contribution in [3.8, 4) is 0 Å².